The number of nitrogens with one attached hydrogen (secondary N) is 2. The maximum atomic E-state index is 11.2. The number of carbonyl (C=O) groups excluding carboxylic acids is 1. The first-order chi connectivity index (χ1) is 11.5. The van der Waals surface area contributed by atoms with Crippen molar-refractivity contribution in [2.24, 2.45) is 15.9 Å². The van der Waals surface area contributed by atoms with Crippen LogP contribution in [0.1, 0.15) is 25.5 Å². The average molecular weight is 395 g/mol. The molecule has 1 fully saturated rings. The summed E-state index contributed by atoms with van der Waals surface area (Å²) in [5, 5.41) is 5.77. The second-order valence-corrected chi connectivity index (χ2v) is 7.07. The van der Waals surface area contributed by atoms with Gasteiger partial charge in [0.05, 0.1) is 19.0 Å². The number of anilines is 1. The molecule has 1 aliphatic carbocycles. The molecule has 2 heterocycles. The summed E-state index contributed by atoms with van der Waals surface area (Å²) in [7, 11) is 1.33. The molecule has 1 saturated carbocycles. The highest BCUT2D eigenvalue weighted by Crippen LogP contribution is 2.39. The Morgan fingerprint density at radius 3 is 3.04 bits per heavy atom. The van der Waals surface area contributed by atoms with Crippen molar-refractivity contribution in [2.75, 3.05) is 19.0 Å². The number of rotatable bonds is 6. The molecule has 1 aromatic rings. The lowest BCUT2D eigenvalue weighted by atomic mass is 10.2. The minimum absolute atomic E-state index is 0.129. The Kier molecular flexibility index (Phi) is 4.79. The summed E-state index contributed by atoms with van der Waals surface area (Å²) in [6.07, 6.45) is 5.28. The van der Waals surface area contributed by atoms with Gasteiger partial charge < -0.3 is 15.4 Å². The van der Waals surface area contributed by atoms with Crippen LogP contribution in [0.4, 0.5) is 10.7 Å². The van der Waals surface area contributed by atoms with E-state index in [1.807, 2.05) is 6.92 Å². The lowest BCUT2D eigenvalue weighted by Crippen LogP contribution is -2.37. The van der Waals surface area contributed by atoms with Crippen LogP contribution in [0.25, 0.3) is 0 Å². The van der Waals surface area contributed by atoms with Gasteiger partial charge in [-0.3, -0.25) is 0 Å². The molecular weight excluding hydrogens is 376 g/mol. The largest absolute Gasteiger partial charge is 0.453 e. The Balaban J connectivity index is 1.64. The van der Waals surface area contributed by atoms with Gasteiger partial charge in [-0.1, -0.05) is 0 Å². The summed E-state index contributed by atoms with van der Waals surface area (Å²) in [4.78, 5) is 28.9. The molecule has 0 saturated heterocycles. The number of methoxy groups -OCH3 is 1. The van der Waals surface area contributed by atoms with Crippen molar-refractivity contribution in [2.45, 2.75) is 30.3 Å². The van der Waals surface area contributed by atoms with Crippen molar-refractivity contribution in [3.63, 3.8) is 0 Å². The molecule has 24 heavy (non-hydrogen) atoms. The summed E-state index contributed by atoms with van der Waals surface area (Å²) >= 11 is 3.62. The third kappa shape index (κ3) is 3.89. The van der Waals surface area contributed by atoms with Crippen molar-refractivity contribution in [1.82, 2.24) is 15.3 Å². The summed E-state index contributed by atoms with van der Waals surface area (Å²) in [6, 6.07) is 1.68. The molecule has 0 spiro atoms. The Morgan fingerprint density at radius 1 is 1.54 bits per heavy atom. The lowest BCUT2D eigenvalue weighted by Gasteiger charge is -2.17. The molecular formula is C15H19BrN6O2. The molecule has 1 aliphatic heterocycles. The van der Waals surface area contributed by atoms with E-state index < -0.39 is 10.5 Å². The van der Waals surface area contributed by atoms with Crippen LogP contribution in [0.3, 0.4) is 0 Å². The summed E-state index contributed by atoms with van der Waals surface area (Å²) in [5.41, 5.74) is 0.716. The van der Waals surface area contributed by atoms with E-state index in [0.29, 0.717) is 24.1 Å². The van der Waals surface area contributed by atoms with Crippen LogP contribution < -0.4 is 10.6 Å². The first kappa shape index (κ1) is 16.8. The molecule has 1 amide bonds. The zero-order valence-electron chi connectivity index (χ0n) is 13.5. The van der Waals surface area contributed by atoms with Crippen molar-refractivity contribution >= 4 is 40.0 Å². The predicted octanol–water partition coefficient (Wildman–Crippen LogP) is 2.07. The van der Waals surface area contributed by atoms with Crippen LogP contribution in [0.15, 0.2) is 22.2 Å². The number of hydrogen-bond acceptors (Lipinski definition) is 7. The molecule has 128 valence electrons. The van der Waals surface area contributed by atoms with Gasteiger partial charge in [0, 0.05) is 24.7 Å². The molecule has 3 rings (SSSR count). The second-order valence-electron chi connectivity index (χ2n) is 5.86. The third-order valence-corrected chi connectivity index (χ3v) is 4.51. The number of amidine groups is 1. The topological polar surface area (TPSA) is 101 Å². The van der Waals surface area contributed by atoms with Crippen LogP contribution in [0.5, 0.6) is 0 Å². The zero-order valence-corrected chi connectivity index (χ0v) is 15.1. The second kappa shape index (κ2) is 6.84. The number of halogens is 1. The monoisotopic (exact) mass is 394 g/mol. The molecule has 0 aromatic carbocycles. The molecule has 1 aromatic heterocycles. The van der Waals surface area contributed by atoms with Crippen LogP contribution in [-0.4, -0.2) is 47.8 Å². The highest BCUT2D eigenvalue weighted by molar-refractivity contribution is 9.10. The Bertz CT molecular complexity index is 690. The Morgan fingerprint density at radius 2 is 2.33 bits per heavy atom. The fraction of sp³-hybridized carbons (Fsp3) is 0.533. The molecule has 2 atom stereocenters. The SMILES string of the molecule is COC(=O)NC(C)CNc1nccc(C2(Br)C=NC(C3CC3)=N2)n1. The van der Waals surface area contributed by atoms with Gasteiger partial charge in [-0.25, -0.2) is 24.7 Å². The first-order valence-electron chi connectivity index (χ1n) is 7.76. The smallest absolute Gasteiger partial charge is 0.407 e. The minimum Gasteiger partial charge on any atom is -0.453 e. The van der Waals surface area contributed by atoms with E-state index >= 15 is 0 Å². The molecule has 2 N–H and O–H groups in total. The summed E-state index contributed by atoms with van der Waals surface area (Å²) in [6.45, 7) is 2.33. The Labute approximate surface area is 148 Å². The zero-order chi connectivity index (χ0) is 17.2. The maximum absolute atomic E-state index is 11.2. The number of ether oxygens (including phenoxy) is 1. The molecule has 9 heteroatoms. The highest BCUT2D eigenvalue weighted by atomic mass is 79.9. The molecule has 0 bridgehead atoms. The van der Waals surface area contributed by atoms with Gasteiger partial charge >= 0.3 is 6.09 Å². The molecule has 2 aliphatic rings. The Hall–Kier alpha value is -2.03. The van der Waals surface area contributed by atoms with E-state index in [1.54, 1.807) is 18.5 Å². The predicted molar refractivity (Wildman–Crippen MR) is 94.8 cm³/mol. The first-order valence-corrected chi connectivity index (χ1v) is 8.55. The van der Waals surface area contributed by atoms with Crippen molar-refractivity contribution in [3.8, 4) is 0 Å². The van der Waals surface area contributed by atoms with Crippen molar-refractivity contribution < 1.29 is 9.53 Å². The number of nitrogens with zero attached hydrogens (tertiary/aromatic N) is 4. The van der Waals surface area contributed by atoms with E-state index in [0.717, 1.165) is 18.7 Å². The van der Waals surface area contributed by atoms with Gasteiger partial charge in [-0.05, 0) is 41.8 Å². The molecule has 2 unspecified atom stereocenters. The maximum Gasteiger partial charge on any atom is 0.407 e. The highest BCUT2D eigenvalue weighted by Gasteiger charge is 2.38. The van der Waals surface area contributed by atoms with Gasteiger partial charge in [0.2, 0.25) is 5.95 Å². The molecule has 0 radical (unpaired) electrons. The quantitative estimate of drug-likeness (QED) is 0.567. The van der Waals surface area contributed by atoms with Gasteiger partial charge in [0.15, 0.2) is 4.45 Å². The summed E-state index contributed by atoms with van der Waals surface area (Å²) < 4.78 is 3.84. The van der Waals surface area contributed by atoms with Crippen LogP contribution >= 0.6 is 15.9 Å². The number of carbonyl (C=O) groups is 1. The summed E-state index contributed by atoms with van der Waals surface area (Å²) in [5.74, 6) is 1.84. The lowest BCUT2D eigenvalue weighted by molar-refractivity contribution is 0.168. The minimum atomic E-state index is -0.722. The van der Waals surface area contributed by atoms with Gasteiger partial charge in [0.25, 0.3) is 0 Å². The fourth-order valence-corrected chi connectivity index (χ4v) is 2.74. The van der Waals surface area contributed by atoms with E-state index in [1.165, 1.54) is 7.11 Å². The number of amides is 1. The van der Waals surface area contributed by atoms with Crippen LogP contribution in [-0.2, 0) is 9.19 Å². The normalized spacial score (nSPS) is 23.5. The van der Waals surface area contributed by atoms with E-state index in [4.69, 9.17) is 0 Å². The van der Waals surface area contributed by atoms with Gasteiger partial charge in [-0.15, -0.1) is 0 Å². The third-order valence-electron chi connectivity index (χ3n) is 3.72. The number of aromatic nitrogens is 2. The number of alkyl halides is 1. The van der Waals surface area contributed by atoms with Crippen LogP contribution in [0, 0.1) is 5.92 Å². The molecule has 8 nitrogen and oxygen atoms in total. The van der Waals surface area contributed by atoms with Gasteiger partial charge in [0.1, 0.15) is 5.84 Å². The van der Waals surface area contributed by atoms with Crippen LogP contribution in [0.2, 0.25) is 0 Å². The number of hydrogen-bond donors (Lipinski definition) is 2. The van der Waals surface area contributed by atoms with E-state index in [9.17, 15) is 4.79 Å². The van der Waals surface area contributed by atoms with Crippen molar-refractivity contribution in [1.29, 1.82) is 0 Å². The number of aliphatic imine (C=N–C) groups is 2. The number of alkyl carbamates (subject to hydrolysis) is 1. The fourth-order valence-electron chi connectivity index (χ4n) is 2.23. The van der Waals surface area contributed by atoms with Gasteiger partial charge in [-0.2, -0.15) is 0 Å². The van der Waals surface area contributed by atoms with E-state index in [-0.39, 0.29) is 6.04 Å². The van der Waals surface area contributed by atoms with Crippen molar-refractivity contribution in [3.05, 3.63) is 18.0 Å². The standard InChI is InChI=1S/C15H19BrN6O2/c1-9(20-14(23)24-2)7-18-13-17-6-5-11(21-13)15(16)8-19-12(22-15)10-3-4-10/h5-6,8-10H,3-4,7H2,1-2H3,(H,20,23)(H,17,18,21). The average Bonchev–Trinajstić information content (AvgIpc) is 3.35. The van der Waals surface area contributed by atoms with E-state index in [2.05, 4.69) is 51.3 Å².